The van der Waals surface area contributed by atoms with Crippen LogP contribution >= 0.6 is 0 Å². The van der Waals surface area contributed by atoms with E-state index in [4.69, 9.17) is 0 Å². The second-order valence-electron chi connectivity index (χ2n) is 3.27. The van der Waals surface area contributed by atoms with E-state index < -0.39 is 16.1 Å². The zero-order valence-electron chi connectivity index (χ0n) is 9.10. The molecule has 1 aromatic rings. The Hall–Kier alpha value is -1.40. The lowest BCUT2D eigenvalue weighted by Crippen LogP contribution is -2.43. The highest BCUT2D eigenvalue weighted by Crippen LogP contribution is 2.07. The summed E-state index contributed by atoms with van der Waals surface area (Å²) in [5, 5.41) is 2.37. The summed E-state index contributed by atoms with van der Waals surface area (Å²) in [6, 6.07) is 7.12. The maximum atomic E-state index is 11.8. The first kappa shape index (κ1) is 12.7. The van der Waals surface area contributed by atoms with Crippen LogP contribution in [0.5, 0.6) is 0 Å². The molecule has 0 aliphatic carbocycles. The predicted molar refractivity (Wildman–Crippen MR) is 60.3 cm³/mol. The van der Waals surface area contributed by atoms with E-state index >= 15 is 0 Å². The number of amides is 1. The molecule has 1 unspecified atom stereocenters. The fourth-order valence-corrected chi connectivity index (χ4v) is 2.39. The molecular formula is C10H14N2O3S. The lowest BCUT2D eigenvalue weighted by Gasteiger charge is -2.12. The van der Waals surface area contributed by atoms with E-state index in [0.29, 0.717) is 0 Å². The fraction of sp³-hybridized carbons (Fsp3) is 0.300. The minimum absolute atomic E-state index is 0.144. The molecule has 2 N–H and O–H groups in total. The average molecular weight is 242 g/mol. The van der Waals surface area contributed by atoms with Crippen molar-refractivity contribution in [2.75, 3.05) is 7.05 Å². The standard InChI is InChI=1S/C10H14N2O3S/c1-8(10(13)11-2)12-16(14,15)9-6-4-3-5-7-9/h3-8,12H,1-2H3,(H,11,13). The lowest BCUT2D eigenvalue weighted by molar-refractivity contribution is -0.121. The van der Waals surface area contributed by atoms with Crippen LogP contribution in [0.3, 0.4) is 0 Å². The molecule has 0 aliphatic heterocycles. The Bertz CT molecular complexity index is 456. The molecule has 6 heteroatoms. The molecule has 88 valence electrons. The Morgan fingerprint density at radius 2 is 1.81 bits per heavy atom. The summed E-state index contributed by atoms with van der Waals surface area (Å²) in [6.45, 7) is 1.49. The number of sulfonamides is 1. The molecule has 16 heavy (non-hydrogen) atoms. The van der Waals surface area contributed by atoms with Gasteiger partial charge in [-0.2, -0.15) is 4.72 Å². The van der Waals surface area contributed by atoms with Crippen LogP contribution in [-0.4, -0.2) is 27.4 Å². The molecule has 0 saturated heterocycles. The molecule has 1 atom stereocenters. The Balaban J connectivity index is 2.85. The normalized spacial score (nSPS) is 13.1. The Kier molecular flexibility index (Phi) is 4.03. The van der Waals surface area contributed by atoms with Crippen LogP contribution in [0.2, 0.25) is 0 Å². The third kappa shape index (κ3) is 3.04. The largest absolute Gasteiger partial charge is 0.358 e. The highest BCUT2D eigenvalue weighted by Gasteiger charge is 2.20. The van der Waals surface area contributed by atoms with E-state index in [9.17, 15) is 13.2 Å². The van der Waals surface area contributed by atoms with Crippen LogP contribution in [0.15, 0.2) is 35.2 Å². The number of carbonyl (C=O) groups excluding carboxylic acids is 1. The third-order valence-electron chi connectivity index (χ3n) is 2.03. The molecule has 1 rings (SSSR count). The van der Waals surface area contributed by atoms with Gasteiger partial charge in [-0.3, -0.25) is 4.79 Å². The first-order valence-corrected chi connectivity index (χ1v) is 6.24. The van der Waals surface area contributed by atoms with Gasteiger partial charge in [-0.05, 0) is 19.1 Å². The average Bonchev–Trinajstić information content (AvgIpc) is 2.28. The molecular weight excluding hydrogens is 228 g/mol. The third-order valence-corrected chi connectivity index (χ3v) is 3.58. The SMILES string of the molecule is CNC(=O)C(C)NS(=O)(=O)c1ccccc1. The van der Waals surface area contributed by atoms with E-state index in [0.717, 1.165) is 0 Å². The van der Waals surface area contributed by atoms with Crippen molar-refractivity contribution < 1.29 is 13.2 Å². The van der Waals surface area contributed by atoms with Gasteiger partial charge in [0.1, 0.15) is 0 Å². The molecule has 0 aliphatic rings. The Morgan fingerprint density at radius 1 is 1.25 bits per heavy atom. The van der Waals surface area contributed by atoms with Gasteiger partial charge < -0.3 is 5.32 Å². The Labute approximate surface area is 94.9 Å². The van der Waals surface area contributed by atoms with Crippen molar-refractivity contribution in [2.45, 2.75) is 17.9 Å². The van der Waals surface area contributed by atoms with Crippen LogP contribution in [-0.2, 0) is 14.8 Å². The van der Waals surface area contributed by atoms with E-state index in [1.54, 1.807) is 18.2 Å². The second-order valence-corrected chi connectivity index (χ2v) is 4.98. The molecule has 1 aromatic carbocycles. The number of nitrogens with one attached hydrogen (secondary N) is 2. The van der Waals surface area contributed by atoms with E-state index in [1.807, 2.05) is 0 Å². The van der Waals surface area contributed by atoms with Crippen molar-refractivity contribution in [3.63, 3.8) is 0 Å². The summed E-state index contributed by atoms with van der Waals surface area (Å²) < 4.78 is 25.8. The van der Waals surface area contributed by atoms with Crippen molar-refractivity contribution in [1.82, 2.24) is 10.0 Å². The highest BCUT2D eigenvalue weighted by molar-refractivity contribution is 7.89. The van der Waals surface area contributed by atoms with Crippen molar-refractivity contribution in [3.8, 4) is 0 Å². The highest BCUT2D eigenvalue weighted by atomic mass is 32.2. The van der Waals surface area contributed by atoms with Gasteiger partial charge in [0.05, 0.1) is 10.9 Å². The molecule has 0 bridgehead atoms. The van der Waals surface area contributed by atoms with Gasteiger partial charge in [-0.1, -0.05) is 18.2 Å². The van der Waals surface area contributed by atoms with Gasteiger partial charge in [-0.25, -0.2) is 8.42 Å². The van der Waals surface area contributed by atoms with Gasteiger partial charge >= 0.3 is 0 Å². The summed E-state index contributed by atoms with van der Waals surface area (Å²) in [5.74, 6) is -0.375. The van der Waals surface area contributed by atoms with Crippen molar-refractivity contribution in [2.24, 2.45) is 0 Å². The molecule has 0 saturated carbocycles. The van der Waals surface area contributed by atoms with Gasteiger partial charge in [0.2, 0.25) is 15.9 Å². The molecule has 0 radical (unpaired) electrons. The van der Waals surface area contributed by atoms with Crippen molar-refractivity contribution >= 4 is 15.9 Å². The fourth-order valence-electron chi connectivity index (χ4n) is 1.17. The van der Waals surface area contributed by atoms with Gasteiger partial charge in [0.25, 0.3) is 0 Å². The first-order chi connectivity index (χ1) is 7.47. The summed E-state index contributed by atoms with van der Waals surface area (Å²) in [5.41, 5.74) is 0. The second kappa shape index (κ2) is 5.09. The van der Waals surface area contributed by atoms with Crippen LogP contribution in [0.25, 0.3) is 0 Å². The number of hydrogen-bond donors (Lipinski definition) is 2. The monoisotopic (exact) mass is 242 g/mol. The van der Waals surface area contributed by atoms with Crippen molar-refractivity contribution in [3.05, 3.63) is 30.3 Å². The minimum atomic E-state index is -3.63. The smallest absolute Gasteiger partial charge is 0.241 e. The number of hydrogen-bond acceptors (Lipinski definition) is 3. The van der Waals surface area contributed by atoms with Gasteiger partial charge in [-0.15, -0.1) is 0 Å². The minimum Gasteiger partial charge on any atom is -0.358 e. The molecule has 0 heterocycles. The number of likely N-dealkylation sites (N-methyl/N-ethyl adjacent to an activating group) is 1. The number of carbonyl (C=O) groups is 1. The van der Waals surface area contributed by atoms with Gasteiger partial charge in [0, 0.05) is 7.05 Å². The van der Waals surface area contributed by atoms with E-state index in [-0.39, 0.29) is 10.8 Å². The zero-order chi connectivity index (χ0) is 12.2. The molecule has 0 aromatic heterocycles. The van der Waals surface area contributed by atoms with E-state index in [1.165, 1.54) is 26.1 Å². The first-order valence-electron chi connectivity index (χ1n) is 4.76. The zero-order valence-corrected chi connectivity index (χ0v) is 9.91. The van der Waals surface area contributed by atoms with Crippen molar-refractivity contribution in [1.29, 1.82) is 0 Å². The quantitative estimate of drug-likeness (QED) is 0.786. The van der Waals surface area contributed by atoms with Crippen LogP contribution in [0, 0.1) is 0 Å². The molecule has 0 spiro atoms. The van der Waals surface area contributed by atoms with Crippen LogP contribution < -0.4 is 10.0 Å². The maximum absolute atomic E-state index is 11.8. The number of rotatable bonds is 4. The summed E-state index contributed by atoms with van der Waals surface area (Å²) in [7, 11) is -2.17. The lowest BCUT2D eigenvalue weighted by atomic mass is 10.3. The molecule has 5 nitrogen and oxygen atoms in total. The summed E-state index contributed by atoms with van der Waals surface area (Å²) in [4.78, 5) is 11.3. The predicted octanol–water partition coefficient (Wildman–Crippen LogP) is 0.0994. The molecule has 0 fully saturated rings. The topological polar surface area (TPSA) is 75.3 Å². The summed E-state index contributed by atoms with van der Waals surface area (Å²) >= 11 is 0. The van der Waals surface area contributed by atoms with Crippen LogP contribution in [0.1, 0.15) is 6.92 Å². The number of benzene rings is 1. The van der Waals surface area contributed by atoms with Gasteiger partial charge in [0.15, 0.2) is 0 Å². The Morgan fingerprint density at radius 3 is 2.31 bits per heavy atom. The van der Waals surface area contributed by atoms with E-state index in [2.05, 4.69) is 10.0 Å². The summed E-state index contributed by atoms with van der Waals surface area (Å²) in [6.07, 6.45) is 0. The maximum Gasteiger partial charge on any atom is 0.241 e. The van der Waals surface area contributed by atoms with Crippen LogP contribution in [0.4, 0.5) is 0 Å². The molecule has 1 amide bonds.